The number of hydrogen-bond donors (Lipinski definition) is 2. The molecule has 0 fully saturated rings. The normalized spacial score (nSPS) is 12.5. The van der Waals surface area contributed by atoms with Crippen LogP contribution in [0.2, 0.25) is 5.02 Å². The number of aliphatic hydroxyl groups excluding tert-OH is 1. The number of aliphatic hydroxyl groups is 1. The van der Waals surface area contributed by atoms with Gasteiger partial charge >= 0.3 is 0 Å². The molecule has 0 aliphatic heterocycles. The second-order valence-electron chi connectivity index (χ2n) is 3.31. The lowest BCUT2D eigenvalue weighted by molar-refractivity contribution is 0.272. The topological polar surface area (TPSA) is 32.3 Å². The lowest BCUT2D eigenvalue weighted by Gasteiger charge is -2.16. The summed E-state index contributed by atoms with van der Waals surface area (Å²) in [4.78, 5) is 0. The first-order chi connectivity index (χ1) is 7.26. The van der Waals surface area contributed by atoms with E-state index in [1.807, 2.05) is 24.3 Å². The van der Waals surface area contributed by atoms with E-state index in [1.165, 1.54) is 0 Å². The predicted octanol–water partition coefficient (Wildman–Crippen LogP) is 2.87. The molecule has 0 spiro atoms. The molecule has 0 saturated carbocycles. The number of anilines is 1. The third-order valence-corrected chi connectivity index (χ3v) is 3.00. The van der Waals surface area contributed by atoms with E-state index < -0.39 is 0 Å². The van der Waals surface area contributed by atoms with Crippen LogP contribution in [-0.4, -0.2) is 29.8 Å². The molecule has 1 aromatic rings. The molecular formula is C11H16ClNOS. The van der Waals surface area contributed by atoms with Crippen LogP contribution in [0.1, 0.15) is 6.42 Å². The fourth-order valence-electron chi connectivity index (χ4n) is 1.25. The van der Waals surface area contributed by atoms with Crippen LogP contribution >= 0.6 is 23.4 Å². The standard InChI is InChI=1S/C11H16ClNOS/c1-15-7-6-11(8-14)13-10-4-2-9(12)3-5-10/h2-5,11,13-14H,6-8H2,1H3. The second-order valence-corrected chi connectivity index (χ2v) is 4.73. The first-order valence-electron chi connectivity index (χ1n) is 4.88. The van der Waals surface area contributed by atoms with Crippen molar-refractivity contribution in [1.82, 2.24) is 0 Å². The molecule has 15 heavy (non-hydrogen) atoms. The fraction of sp³-hybridized carbons (Fsp3) is 0.455. The number of hydrogen-bond acceptors (Lipinski definition) is 3. The second kappa shape index (κ2) is 6.99. The van der Waals surface area contributed by atoms with Gasteiger partial charge in [0, 0.05) is 16.8 Å². The molecule has 0 aromatic heterocycles. The van der Waals surface area contributed by atoms with E-state index in [9.17, 15) is 5.11 Å². The van der Waals surface area contributed by atoms with E-state index in [-0.39, 0.29) is 12.6 Å². The highest BCUT2D eigenvalue weighted by Gasteiger charge is 2.06. The van der Waals surface area contributed by atoms with Crippen LogP contribution in [0.3, 0.4) is 0 Å². The third kappa shape index (κ3) is 4.78. The molecule has 0 amide bonds. The van der Waals surface area contributed by atoms with E-state index in [2.05, 4.69) is 11.6 Å². The zero-order valence-corrected chi connectivity index (χ0v) is 10.3. The molecular weight excluding hydrogens is 230 g/mol. The van der Waals surface area contributed by atoms with Crippen molar-refractivity contribution in [1.29, 1.82) is 0 Å². The fourth-order valence-corrected chi connectivity index (χ4v) is 1.90. The number of halogens is 1. The van der Waals surface area contributed by atoms with E-state index >= 15 is 0 Å². The summed E-state index contributed by atoms with van der Waals surface area (Å²) in [5, 5.41) is 13.2. The van der Waals surface area contributed by atoms with Crippen molar-refractivity contribution in [3.8, 4) is 0 Å². The molecule has 0 saturated heterocycles. The maximum absolute atomic E-state index is 9.17. The molecule has 2 N–H and O–H groups in total. The maximum atomic E-state index is 9.17. The van der Waals surface area contributed by atoms with Crippen LogP contribution < -0.4 is 5.32 Å². The molecule has 0 heterocycles. The van der Waals surface area contributed by atoms with E-state index in [0.717, 1.165) is 22.9 Å². The number of benzene rings is 1. The number of nitrogens with one attached hydrogen (secondary N) is 1. The smallest absolute Gasteiger partial charge is 0.0633 e. The van der Waals surface area contributed by atoms with E-state index in [0.29, 0.717) is 0 Å². The minimum absolute atomic E-state index is 0.124. The molecule has 84 valence electrons. The van der Waals surface area contributed by atoms with Gasteiger partial charge in [0.1, 0.15) is 0 Å². The zero-order chi connectivity index (χ0) is 11.1. The van der Waals surface area contributed by atoms with Crippen LogP contribution in [0.5, 0.6) is 0 Å². The summed E-state index contributed by atoms with van der Waals surface area (Å²) >= 11 is 7.57. The summed E-state index contributed by atoms with van der Waals surface area (Å²) in [5.41, 5.74) is 1.000. The van der Waals surface area contributed by atoms with Crippen molar-refractivity contribution in [2.75, 3.05) is 23.9 Å². The molecule has 2 nitrogen and oxygen atoms in total. The van der Waals surface area contributed by atoms with Crippen LogP contribution in [0.15, 0.2) is 24.3 Å². The molecule has 1 rings (SSSR count). The van der Waals surface area contributed by atoms with Gasteiger partial charge in [-0.2, -0.15) is 11.8 Å². The summed E-state index contributed by atoms with van der Waals surface area (Å²) in [6, 6.07) is 7.65. The SMILES string of the molecule is CSCCC(CO)Nc1ccc(Cl)cc1. The van der Waals surface area contributed by atoms with Gasteiger partial charge in [-0.15, -0.1) is 0 Å². The Balaban J connectivity index is 2.47. The van der Waals surface area contributed by atoms with Crippen molar-refractivity contribution in [2.24, 2.45) is 0 Å². The lowest BCUT2D eigenvalue weighted by Crippen LogP contribution is -2.24. The Kier molecular flexibility index (Phi) is 5.91. The Morgan fingerprint density at radius 1 is 1.40 bits per heavy atom. The number of rotatable bonds is 6. The monoisotopic (exact) mass is 245 g/mol. The van der Waals surface area contributed by atoms with Gasteiger partial charge in [0.15, 0.2) is 0 Å². The maximum Gasteiger partial charge on any atom is 0.0633 e. The highest BCUT2D eigenvalue weighted by molar-refractivity contribution is 7.98. The Morgan fingerprint density at radius 3 is 2.60 bits per heavy atom. The summed E-state index contributed by atoms with van der Waals surface area (Å²) < 4.78 is 0. The van der Waals surface area contributed by atoms with Crippen molar-refractivity contribution in [3.63, 3.8) is 0 Å². The van der Waals surface area contributed by atoms with Crippen LogP contribution in [0, 0.1) is 0 Å². The summed E-state index contributed by atoms with van der Waals surface area (Å²) in [5.74, 6) is 1.05. The largest absolute Gasteiger partial charge is 0.394 e. The first-order valence-corrected chi connectivity index (χ1v) is 6.65. The minimum atomic E-state index is 0.124. The van der Waals surface area contributed by atoms with Gasteiger partial charge in [-0.05, 0) is 42.7 Å². The van der Waals surface area contributed by atoms with Gasteiger partial charge in [-0.1, -0.05) is 11.6 Å². The quantitative estimate of drug-likeness (QED) is 0.809. The van der Waals surface area contributed by atoms with E-state index in [4.69, 9.17) is 11.6 Å². The molecule has 0 aliphatic rings. The predicted molar refractivity (Wildman–Crippen MR) is 68.9 cm³/mol. The molecule has 0 bridgehead atoms. The van der Waals surface area contributed by atoms with Crippen molar-refractivity contribution >= 4 is 29.1 Å². The summed E-state index contributed by atoms with van der Waals surface area (Å²) in [6.45, 7) is 0.156. The highest BCUT2D eigenvalue weighted by Crippen LogP contribution is 2.15. The van der Waals surface area contributed by atoms with Crippen LogP contribution in [-0.2, 0) is 0 Å². The summed E-state index contributed by atoms with van der Waals surface area (Å²) in [7, 11) is 0. The average molecular weight is 246 g/mol. The Bertz CT molecular complexity index is 278. The zero-order valence-electron chi connectivity index (χ0n) is 8.74. The first kappa shape index (κ1) is 12.7. The highest BCUT2D eigenvalue weighted by atomic mass is 35.5. The van der Waals surface area contributed by atoms with Gasteiger partial charge in [-0.3, -0.25) is 0 Å². The van der Waals surface area contributed by atoms with Crippen molar-refractivity contribution in [2.45, 2.75) is 12.5 Å². The van der Waals surface area contributed by atoms with Crippen LogP contribution in [0.25, 0.3) is 0 Å². The Labute approximate surface area is 100 Å². The van der Waals surface area contributed by atoms with Gasteiger partial charge in [0.25, 0.3) is 0 Å². The lowest BCUT2D eigenvalue weighted by atomic mass is 10.2. The molecule has 0 radical (unpaired) electrons. The average Bonchev–Trinajstić information content (AvgIpc) is 2.27. The molecule has 0 aliphatic carbocycles. The Morgan fingerprint density at radius 2 is 2.07 bits per heavy atom. The molecule has 4 heteroatoms. The Hall–Kier alpha value is -0.380. The van der Waals surface area contributed by atoms with Gasteiger partial charge in [-0.25, -0.2) is 0 Å². The molecule has 1 aromatic carbocycles. The summed E-state index contributed by atoms with van der Waals surface area (Å²) in [6.07, 6.45) is 3.02. The van der Waals surface area contributed by atoms with Gasteiger partial charge in [0.05, 0.1) is 6.61 Å². The van der Waals surface area contributed by atoms with E-state index in [1.54, 1.807) is 11.8 Å². The van der Waals surface area contributed by atoms with Gasteiger partial charge in [0.2, 0.25) is 0 Å². The van der Waals surface area contributed by atoms with Gasteiger partial charge < -0.3 is 10.4 Å². The molecule has 1 atom stereocenters. The minimum Gasteiger partial charge on any atom is -0.394 e. The van der Waals surface area contributed by atoms with Crippen molar-refractivity contribution in [3.05, 3.63) is 29.3 Å². The molecule has 1 unspecified atom stereocenters. The third-order valence-electron chi connectivity index (χ3n) is 2.11. The van der Waals surface area contributed by atoms with Crippen LogP contribution in [0.4, 0.5) is 5.69 Å². The number of thioether (sulfide) groups is 1. The van der Waals surface area contributed by atoms with Crippen molar-refractivity contribution < 1.29 is 5.11 Å².